The fraction of sp³-hybridized carbons (Fsp3) is 0.556. The van der Waals surface area contributed by atoms with Gasteiger partial charge in [0, 0.05) is 13.0 Å². The molecule has 0 saturated heterocycles. The number of aryl methyl sites for hydroxylation is 1. The van der Waals surface area contributed by atoms with Crippen molar-refractivity contribution in [3.05, 3.63) is 29.8 Å². The molecule has 2 rings (SSSR count). The number of hydrogen-bond donors (Lipinski definition) is 1. The number of likely N-dealkylation sites (N-methyl/N-ethyl adjacent to an activating group) is 1. The van der Waals surface area contributed by atoms with Crippen LogP contribution in [0, 0.1) is 18.8 Å². The maximum Gasteiger partial charge on any atom is 0.306 e. The molecule has 1 fully saturated rings. The van der Waals surface area contributed by atoms with Gasteiger partial charge in [-0.3, -0.25) is 9.59 Å². The van der Waals surface area contributed by atoms with Gasteiger partial charge in [-0.2, -0.15) is 0 Å². The van der Waals surface area contributed by atoms with Gasteiger partial charge in [-0.1, -0.05) is 18.6 Å². The summed E-state index contributed by atoms with van der Waals surface area (Å²) in [5.41, 5.74) is 1.13. The topological polar surface area (TPSA) is 66.8 Å². The third kappa shape index (κ3) is 4.98. The monoisotopic (exact) mass is 319 g/mol. The van der Waals surface area contributed by atoms with Crippen LogP contribution >= 0.6 is 0 Å². The molecule has 5 heteroatoms. The van der Waals surface area contributed by atoms with Crippen molar-refractivity contribution in [2.24, 2.45) is 11.8 Å². The first-order valence-electron chi connectivity index (χ1n) is 8.14. The average molecular weight is 319 g/mol. The zero-order chi connectivity index (χ0) is 16.8. The van der Waals surface area contributed by atoms with Crippen LogP contribution in [0.25, 0.3) is 0 Å². The van der Waals surface area contributed by atoms with Crippen molar-refractivity contribution in [3.63, 3.8) is 0 Å². The van der Waals surface area contributed by atoms with Crippen molar-refractivity contribution in [2.45, 2.75) is 32.6 Å². The van der Waals surface area contributed by atoms with Crippen LogP contribution in [0.3, 0.4) is 0 Å². The molecular formula is C18H25NO4. The first-order chi connectivity index (χ1) is 11.0. The second-order valence-corrected chi connectivity index (χ2v) is 6.32. The Morgan fingerprint density at radius 3 is 2.74 bits per heavy atom. The van der Waals surface area contributed by atoms with E-state index >= 15 is 0 Å². The van der Waals surface area contributed by atoms with Gasteiger partial charge in [0.2, 0.25) is 5.91 Å². The van der Waals surface area contributed by atoms with Crippen LogP contribution in [-0.2, 0) is 9.59 Å². The van der Waals surface area contributed by atoms with Crippen molar-refractivity contribution < 1.29 is 19.4 Å². The maximum absolute atomic E-state index is 12.4. The summed E-state index contributed by atoms with van der Waals surface area (Å²) in [6.07, 6.45) is 2.73. The van der Waals surface area contributed by atoms with E-state index in [0.29, 0.717) is 26.0 Å². The Labute approximate surface area is 137 Å². The Hall–Kier alpha value is -2.04. The van der Waals surface area contributed by atoms with Gasteiger partial charge in [-0.25, -0.2) is 0 Å². The van der Waals surface area contributed by atoms with Gasteiger partial charge in [-0.05, 0) is 43.9 Å². The van der Waals surface area contributed by atoms with E-state index in [0.717, 1.165) is 24.2 Å². The molecule has 126 valence electrons. The van der Waals surface area contributed by atoms with Gasteiger partial charge in [0.05, 0.1) is 12.5 Å². The minimum Gasteiger partial charge on any atom is -0.492 e. The Morgan fingerprint density at radius 1 is 1.30 bits per heavy atom. The van der Waals surface area contributed by atoms with Gasteiger partial charge in [0.1, 0.15) is 12.4 Å². The van der Waals surface area contributed by atoms with E-state index in [4.69, 9.17) is 9.84 Å². The lowest BCUT2D eigenvalue weighted by atomic mass is 9.81. The van der Waals surface area contributed by atoms with Crippen LogP contribution in [0.15, 0.2) is 24.3 Å². The minimum absolute atomic E-state index is 0.0313. The molecule has 23 heavy (non-hydrogen) atoms. The lowest BCUT2D eigenvalue weighted by molar-refractivity contribution is -0.145. The van der Waals surface area contributed by atoms with Crippen LogP contribution in [0.5, 0.6) is 5.75 Å². The number of carboxylic acid groups (broad SMARTS) is 1. The molecule has 5 nitrogen and oxygen atoms in total. The minimum atomic E-state index is -0.784. The van der Waals surface area contributed by atoms with E-state index < -0.39 is 5.97 Å². The molecule has 1 amide bonds. The summed E-state index contributed by atoms with van der Waals surface area (Å²) in [5.74, 6) is -0.505. The number of benzene rings is 1. The van der Waals surface area contributed by atoms with Gasteiger partial charge in [0.25, 0.3) is 0 Å². The summed E-state index contributed by atoms with van der Waals surface area (Å²) in [4.78, 5) is 25.2. The molecule has 0 spiro atoms. The third-order valence-electron chi connectivity index (χ3n) is 4.43. The van der Waals surface area contributed by atoms with Crippen LogP contribution in [0.4, 0.5) is 0 Å². The van der Waals surface area contributed by atoms with Crippen molar-refractivity contribution in [1.82, 2.24) is 4.90 Å². The highest BCUT2D eigenvalue weighted by Crippen LogP contribution is 2.30. The number of aliphatic carboxylic acids is 1. The molecular weight excluding hydrogens is 294 g/mol. The number of nitrogens with zero attached hydrogens (tertiary/aromatic N) is 1. The summed E-state index contributed by atoms with van der Waals surface area (Å²) < 4.78 is 5.67. The number of amides is 1. The molecule has 0 aromatic heterocycles. The molecule has 2 unspecified atom stereocenters. The average Bonchev–Trinajstić information content (AvgIpc) is 2.54. The molecule has 1 aliphatic rings. The zero-order valence-corrected chi connectivity index (χ0v) is 13.8. The number of rotatable bonds is 6. The molecule has 1 aliphatic carbocycles. The second kappa shape index (κ2) is 7.99. The normalized spacial score (nSPS) is 20.8. The van der Waals surface area contributed by atoms with E-state index in [2.05, 4.69) is 0 Å². The summed E-state index contributed by atoms with van der Waals surface area (Å²) in [6.45, 7) is 2.94. The summed E-state index contributed by atoms with van der Waals surface area (Å²) >= 11 is 0. The van der Waals surface area contributed by atoms with Crippen LogP contribution in [0.1, 0.15) is 31.2 Å². The predicted molar refractivity (Wildman–Crippen MR) is 87.4 cm³/mol. The molecule has 1 aromatic rings. The SMILES string of the molecule is Cc1cccc(OCCN(C)C(=O)C2CCCC(C(=O)O)C2)c1. The fourth-order valence-corrected chi connectivity index (χ4v) is 3.07. The largest absolute Gasteiger partial charge is 0.492 e. The number of carboxylic acids is 1. The van der Waals surface area contributed by atoms with Gasteiger partial charge < -0.3 is 14.7 Å². The van der Waals surface area contributed by atoms with E-state index in [1.807, 2.05) is 31.2 Å². The first kappa shape index (κ1) is 17.3. The highest BCUT2D eigenvalue weighted by atomic mass is 16.5. The van der Waals surface area contributed by atoms with Crippen LogP contribution in [-0.4, -0.2) is 42.1 Å². The molecule has 0 radical (unpaired) electrons. The third-order valence-corrected chi connectivity index (χ3v) is 4.43. The maximum atomic E-state index is 12.4. The Kier molecular flexibility index (Phi) is 6.02. The van der Waals surface area contributed by atoms with Crippen LogP contribution in [0.2, 0.25) is 0 Å². The lowest BCUT2D eigenvalue weighted by Gasteiger charge is -2.29. The molecule has 0 bridgehead atoms. The second-order valence-electron chi connectivity index (χ2n) is 6.32. The molecule has 1 aromatic carbocycles. The van der Waals surface area contributed by atoms with Gasteiger partial charge in [-0.15, -0.1) is 0 Å². The lowest BCUT2D eigenvalue weighted by Crippen LogP contribution is -2.38. The van der Waals surface area contributed by atoms with Crippen LogP contribution < -0.4 is 4.74 Å². The van der Waals surface area contributed by atoms with Gasteiger partial charge in [0.15, 0.2) is 0 Å². The molecule has 1 saturated carbocycles. The summed E-state index contributed by atoms with van der Waals surface area (Å²) in [5, 5.41) is 9.12. The highest BCUT2D eigenvalue weighted by Gasteiger charge is 2.32. The standard InChI is InChI=1S/C18H25NO4/c1-13-5-3-8-16(11-13)23-10-9-19(2)17(20)14-6-4-7-15(12-14)18(21)22/h3,5,8,11,14-15H,4,6-7,9-10,12H2,1-2H3,(H,21,22). The van der Waals surface area contributed by atoms with Crippen molar-refractivity contribution >= 4 is 11.9 Å². The summed E-state index contributed by atoms with van der Waals surface area (Å²) in [7, 11) is 1.76. The predicted octanol–water partition coefficient (Wildman–Crippen LogP) is 2.72. The fourth-order valence-electron chi connectivity index (χ4n) is 3.07. The number of carbonyl (C=O) groups excluding carboxylic acids is 1. The first-order valence-corrected chi connectivity index (χ1v) is 8.14. The van der Waals surface area contributed by atoms with E-state index in [-0.39, 0.29) is 17.7 Å². The Morgan fingerprint density at radius 2 is 2.04 bits per heavy atom. The molecule has 0 heterocycles. The quantitative estimate of drug-likeness (QED) is 0.875. The smallest absolute Gasteiger partial charge is 0.306 e. The van der Waals surface area contributed by atoms with Gasteiger partial charge >= 0.3 is 5.97 Å². The number of ether oxygens (including phenoxy) is 1. The Balaban J connectivity index is 1.79. The summed E-state index contributed by atoms with van der Waals surface area (Å²) in [6, 6.07) is 7.80. The van der Waals surface area contributed by atoms with E-state index in [1.54, 1.807) is 11.9 Å². The van der Waals surface area contributed by atoms with Crippen molar-refractivity contribution in [3.8, 4) is 5.75 Å². The Bertz CT molecular complexity index is 558. The highest BCUT2D eigenvalue weighted by molar-refractivity contribution is 5.80. The number of carbonyl (C=O) groups is 2. The van der Waals surface area contributed by atoms with Crippen molar-refractivity contribution in [2.75, 3.05) is 20.2 Å². The zero-order valence-electron chi connectivity index (χ0n) is 13.8. The van der Waals surface area contributed by atoms with E-state index in [9.17, 15) is 9.59 Å². The number of hydrogen-bond acceptors (Lipinski definition) is 3. The van der Waals surface area contributed by atoms with Crippen molar-refractivity contribution in [1.29, 1.82) is 0 Å². The molecule has 0 aliphatic heterocycles. The molecule has 1 N–H and O–H groups in total. The molecule has 2 atom stereocenters. The van der Waals surface area contributed by atoms with E-state index in [1.165, 1.54) is 0 Å².